The third-order valence-corrected chi connectivity index (χ3v) is 4.94. The standard InChI is InChI=1S/C25H23F3N6O2S/c1-16-13-21(35-2)11-12-22(16)33-24(37)34-32-14-17-3-5-18(6-4-17)23(29)31-15-30-19-7-9-20(10-8-19)36-25(26,27)28/h3-15H,1-2H3,(H2,29,30,31)(H2,33,34,37)/b32-14+. The van der Waals surface area contributed by atoms with Crippen molar-refractivity contribution in [2.24, 2.45) is 20.8 Å². The Morgan fingerprint density at radius 2 is 1.68 bits per heavy atom. The molecule has 0 bridgehead atoms. The van der Waals surface area contributed by atoms with E-state index in [1.165, 1.54) is 18.5 Å². The Morgan fingerprint density at radius 3 is 2.30 bits per heavy atom. The fourth-order valence-electron chi connectivity index (χ4n) is 2.93. The second-order valence-electron chi connectivity index (χ2n) is 7.43. The van der Waals surface area contributed by atoms with Crippen LogP contribution in [0.5, 0.6) is 11.5 Å². The molecule has 0 spiro atoms. The molecular formula is C25H23F3N6O2S. The largest absolute Gasteiger partial charge is 0.573 e. The molecule has 0 atom stereocenters. The summed E-state index contributed by atoms with van der Waals surface area (Å²) in [7, 11) is 1.61. The number of benzene rings is 3. The summed E-state index contributed by atoms with van der Waals surface area (Å²) in [6.45, 7) is 1.94. The van der Waals surface area contributed by atoms with Crippen LogP contribution in [0.4, 0.5) is 24.5 Å². The predicted octanol–water partition coefficient (Wildman–Crippen LogP) is 5.29. The number of hydrazone groups is 1. The van der Waals surface area contributed by atoms with Crippen LogP contribution in [0, 0.1) is 6.92 Å². The van der Waals surface area contributed by atoms with Gasteiger partial charge in [0.15, 0.2) is 5.11 Å². The predicted molar refractivity (Wildman–Crippen MR) is 143 cm³/mol. The van der Waals surface area contributed by atoms with Crippen LogP contribution in [-0.2, 0) is 0 Å². The molecule has 0 saturated carbocycles. The van der Waals surface area contributed by atoms with Gasteiger partial charge in [-0.25, -0.2) is 9.98 Å². The fraction of sp³-hybridized carbons (Fsp3) is 0.120. The van der Waals surface area contributed by atoms with Crippen LogP contribution in [0.1, 0.15) is 16.7 Å². The Bertz CT molecular complexity index is 1310. The van der Waals surface area contributed by atoms with Crippen molar-refractivity contribution < 1.29 is 22.6 Å². The van der Waals surface area contributed by atoms with Gasteiger partial charge in [0.25, 0.3) is 0 Å². The van der Waals surface area contributed by atoms with Crippen molar-refractivity contribution in [1.29, 1.82) is 0 Å². The van der Waals surface area contributed by atoms with Crippen LogP contribution in [-0.4, -0.2) is 37.0 Å². The molecule has 3 aromatic carbocycles. The van der Waals surface area contributed by atoms with Gasteiger partial charge in [-0.2, -0.15) is 5.10 Å². The van der Waals surface area contributed by atoms with Gasteiger partial charge in [-0.15, -0.1) is 13.2 Å². The summed E-state index contributed by atoms with van der Waals surface area (Å²) in [5.41, 5.74) is 12.4. The zero-order valence-corrected chi connectivity index (χ0v) is 20.6. The first-order valence-electron chi connectivity index (χ1n) is 10.7. The van der Waals surface area contributed by atoms with E-state index >= 15 is 0 Å². The summed E-state index contributed by atoms with van der Waals surface area (Å²) in [4.78, 5) is 8.10. The zero-order valence-electron chi connectivity index (χ0n) is 19.8. The number of aryl methyl sites for hydroxylation is 1. The molecular weight excluding hydrogens is 505 g/mol. The molecule has 0 fully saturated rings. The fourth-order valence-corrected chi connectivity index (χ4v) is 3.09. The van der Waals surface area contributed by atoms with Gasteiger partial charge in [-0.05, 0) is 72.7 Å². The van der Waals surface area contributed by atoms with E-state index in [1.807, 2.05) is 25.1 Å². The number of methoxy groups -OCH3 is 1. The number of nitrogens with two attached hydrogens (primary N) is 1. The summed E-state index contributed by atoms with van der Waals surface area (Å²) in [5.74, 6) is 0.635. The van der Waals surface area contributed by atoms with Crippen LogP contribution >= 0.6 is 12.2 Å². The molecule has 0 aliphatic rings. The molecule has 0 radical (unpaired) electrons. The number of hydrogen-bond donors (Lipinski definition) is 3. The van der Waals surface area contributed by atoms with Crippen molar-refractivity contribution in [2.75, 3.05) is 12.4 Å². The van der Waals surface area contributed by atoms with E-state index in [0.29, 0.717) is 16.4 Å². The average Bonchev–Trinajstić information content (AvgIpc) is 2.86. The van der Waals surface area contributed by atoms with Gasteiger partial charge in [-0.3, -0.25) is 5.43 Å². The molecule has 0 unspecified atom stereocenters. The Balaban J connectivity index is 1.51. The lowest BCUT2D eigenvalue weighted by molar-refractivity contribution is -0.274. The first-order valence-corrected chi connectivity index (χ1v) is 11.1. The van der Waals surface area contributed by atoms with Gasteiger partial charge in [-0.1, -0.05) is 24.3 Å². The van der Waals surface area contributed by atoms with Gasteiger partial charge >= 0.3 is 6.36 Å². The Kier molecular flexibility index (Phi) is 9.16. The van der Waals surface area contributed by atoms with E-state index < -0.39 is 6.36 Å². The topological polar surface area (TPSA) is 106 Å². The van der Waals surface area contributed by atoms with Gasteiger partial charge in [0, 0.05) is 11.3 Å². The van der Waals surface area contributed by atoms with Gasteiger partial charge < -0.3 is 20.5 Å². The minimum absolute atomic E-state index is 0.211. The molecule has 0 aliphatic heterocycles. The average molecular weight is 529 g/mol. The van der Waals surface area contributed by atoms with Crippen molar-refractivity contribution in [3.05, 3.63) is 83.4 Å². The number of nitrogens with zero attached hydrogens (tertiary/aromatic N) is 3. The molecule has 4 N–H and O–H groups in total. The van der Waals surface area contributed by atoms with E-state index in [0.717, 1.165) is 34.7 Å². The first-order chi connectivity index (χ1) is 17.6. The molecule has 37 heavy (non-hydrogen) atoms. The Labute approximate surface area is 216 Å². The van der Waals surface area contributed by atoms with Crippen molar-refractivity contribution in [2.45, 2.75) is 13.3 Å². The number of thiocarbonyl (C=S) groups is 1. The highest BCUT2D eigenvalue weighted by molar-refractivity contribution is 7.80. The van der Waals surface area contributed by atoms with E-state index in [-0.39, 0.29) is 11.6 Å². The lowest BCUT2D eigenvalue weighted by atomic mass is 10.1. The zero-order chi connectivity index (χ0) is 26.8. The third-order valence-electron chi connectivity index (χ3n) is 4.74. The first kappa shape index (κ1) is 27.1. The molecule has 0 heterocycles. The van der Waals surface area contributed by atoms with Gasteiger partial charge in [0.2, 0.25) is 0 Å². The monoisotopic (exact) mass is 528 g/mol. The van der Waals surface area contributed by atoms with E-state index in [9.17, 15) is 13.2 Å². The van der Waals surface area contributed by atoms with E-state index in [2.05, 4.69) is 30.6 Å². The van der Waals surface area contributed by atoms with Crippen LogP contribution < -0.4 is 25.9 Å². The van der Waals surface area contributed by atoms with E-state index in [4.69, 9.17) is 22.7 Å². The molecule has 3 rings (SSSR count). The maximum absolute atomic E-state index is 12.2. The molecule has 0 aliphatic carbocycles. The van der Waals surface area contributed by atoms with Crippen LogP contribution in [0.3, 0.4) is 0 Å². The van der Waals surface area contributed by atoms with Gasteiger partial charge in [0.05, 0.1) is 19.0 Å². The summed E-state index contributed by atoms with van der Waals surface area (Å²) >= 11 is 5.27. The Morgan fingerprint density at radius 1 is 1.00 bits per heavy atom. The summed E-state index contributed by atoms with van der Waals surface area (Å²) in [6.07, 6.45) is -1.94. The number of anilines is 1. The molecule has 0 saturated heterocycles. The lowest BCUT2D eigenvalue weighted by Crippen LogP contribution is -2.24. The maximum Gasteiger partial charge on any atom is 0.573 e. The van der Waals surface area contributed by atoms with Crippen LogP contribution in [0.15, 0.2) is 81.8 Å². The number of alkyl halides is 3. The number of hydrogen-bond acceptors (Lipinski definition) is 5. The molecule has 3 aromatic rings. The quantitative estimate of drug-likeness (QED) is 0.159. The summed E-state index contributed by atoms with van der Waals surface area (Å²) in [5, 5.41) is 7.53. The molecule has 12 heteroatoms. The van der Waals surface area contributed by atoms with Crippen LogP contribution in [0.25, 0.3) is 0 Å². The highest BCUT2D eigenvalue weighted by Gasteiger charge is 2.30. The summed E-state index contributed by atoms with van der Waals surface area (Å²) < 4.78 is 45.6. The van der Waals surface area contributed by atoms with Crippen molar-refractivity contribution in [3.8, 4) is 11.5 Å². The number of rotatable bonds is 8. The van der Waals surface area contributed by atoms with Crippen LogP contribution in [0.2, 0.25) is 0 Å². The van der Waals surface area contributed by atoms with Gasteiger partial charge in [0.1, 0.15) is 23.7 Å². The maximum atomic E-state index is 12.2. The molecule has 0 aromatic heterocycles. The van der Waals surface area contributed by atoms with Crippen molar-refractivity contribution in [1.82, 2.24) is 5.43 Å². The van der Waals surface area contributed by atoms with Crippen molar-refractivity contribution in [3.63, 3.8) is 0 Å². The highest BCUT2D eigenvalue weighted by atomic mass is 32.1. The minimum atomic E-state index is -4.75. The molecule has 8 nitrogen and oxygen atoms in total. The number of nitrogens with one attached hydrogen (secondary N) is 2. The SMILES string of the molecule is COc1ccc(NC(=S)N/N=C/c2ccc(C(N)=NC=Nc3ccc(OC(F)(F)F)cc3)cc2)c(C)c1. The smallest absolute Gasteiger partial charge is 0.497 e. The lowest BCUT2D eigenvalue weighted by Gasteiger charge is -2.11. The third kappa shape index (κ3) is 8.93. The second-order valence-corrected chi connectivity index (χ2v) is 7.84. The number of aliphatic imine (C=N–C) groups is 2. The number of amidine groups is 1. The summed E-state index contributed by atoms with van der Waals surface area (Å²) in [6, 6.07) is 17.7. The van der Waals surface area contributed by atoms with Crippen molar-refractivity contribution >= 4 is 47.1 Å². The minimum Gasteiger partial charge on any atom is -0.497 e. The molecule has 0 amide bonds. The highest BCUT2D eigenvalue weighted by Crippen LogP contribution is 2.25. The normalized spacial score (nSPS) is 12.1. The number of halogens is 3. The Hall–Kier alpha value is -4.45. The second kappa shape index (κ2) is 12.5. The molecule has 192 valence electrons. The number of ether oxygens (including phenoxy) is 2. The van der Waals surface area contributed by atoms with E-state index in [1.54, 1.807) is 37.6 Å².